The van der Waals surface area contributed by atoms with Crippen molar-refractivity contribution in [3.63, 3.8) is 0 Å². The number of fused-ring (bicyclic) bond motifs is 1. The summed E-state index contributed by atoms with van der Waals surface area (Å²) in [6, 6.07) is 14.9. The molecule has 32 heavy (non-hydrogen) atoms. The Morgan fingerprint density at radius 2 is 1.56 bits per heavy atom. The van der Waals surface area contributed by atoms with E-state index >= 15 is 0 Å². The van der Waals surface area contributed by atoms with Crippen LogP contribution in [0.5, 0.6) is 0 Å². The smallest absolute Gasteiger partial charge is 0.243 e. The summed E-state index contributed by atoms with van der Waals surface area (Å²) in [5.41, 5.74) is 2.15. The molecule has 168 valence electrons. The predicted molar refractivity (Wildman–Crippen MR) is 128 cm³/mol. The van der Waals surface area contributed by atoms with Crippen LogP contribution in [-0.4, -0.2) is 48.9 Å². The average molecular weight is 451 g/mol. The Balaban J connectivity index is 1.45. The molecular formula is C25H30N4O2S. The Morgan fingerprint density at radius 3 is 2.28 bits per heavy atom. The summed E-state index contributed by atoms with van der Waals surface area (Å²) in [6.07, 6.45) is 6.09. The van der Waals surface area contributed by atoms with E-state index in [4.69, 9.17) is 9.97 Å². The van der Waals surface area contributed by atoms with E-state index in [9.17, 15) is 8.42 Å². The van der Waals surface area contributed by atoms with Crippen molar-refractivity contribution in [2.75, 3.05) is 31.1 Å². The number of hydrogen-bond donors (Lipinski definition) is 0. The van der Waals surface area contributed by atoms with Crippen molar-refractivity contribution in [2.45, 2.75) is 49.8 Å². The molecule has 2 aliphatic rings. The highest BCUT2D eigenvalue weighted by atomic mass is 32.2. The number of piperazine rings is 1. The van der Waals surface area contributed by atoms with Crippen molar-refractivity contribution in [3.8, 4) is 0 Å². The SMILES string of the molecule is Cc1cccc2nc(C3CCCCC3)nc(N3CCN(S(=O)(=O)c4ccccc4)CC3)c12. The zero-order valence-electron chi connectivity index (χ0n) is 18.6. The third kappa shape index (κ3) is 3.99. The number of rotatable bonds is 4. The molecule has 2 aromatic carbocycles. The lowest BCUT2D eigenvalue weighted by molar-refractivity contribution is 0.383. The van der Waals surface area contributed by atoms with Crippen LogP contribution in [0, 0.1) is 6.92 Å². The van der Waals surface area contributed by atoms with E-state index in [1.807, 2.05) is 6.07 Å². The number of hydrogen-bond acceptors (Lipinski definition) is 5. The van der Waals surface area contributed by atoms with Gasteiger partial charge in [0.25, 0.3) is 0 Å². The zero-order valence-corrected chi connectivity index (χ0v) is 19.4. The summed E-state index contributed by atoms with van der Waals surface area (Å²) < 4.78 is 27.7. The first-order chi connectivity index (χ1) is 15.5. The van der Waals surface area contributed by atoms with E-state index in [1.54, 1.807) is 28.6 Å². The molecular weight excluding hydrogens is 420 g/mol. The minimum atomic E-state index is -3.47. The lowest BCUT2D eigenvalue weighted by Crippen LogP contribution is -2.49. The average Bonchev–Trinajstić information content (AvgIpc) is 2.85. The summed E-state index contributed by atoms with van der Waals surface area (Å²) in [7, 11) is -3.47. The van der Waals surface area contributed by atoms with Gasteiger partial charge in [-0.25, -0.2) is 18.4 Å². The first kappa shape index (κ1) is 21.3. The van der Waals surface area contributed by atoms with Crippen molar-refractivity contribution in [1.29, 1.82) is 0 Å². The Hall–Kier alpha value is -2.51. The fourth-order valence-electron chi connectivity index (χ4n) is 5.00. The molecule has 0 radical (unpaired) electrons. The lowest BCUT2D eigenvalue weighted by Gasteiger charge is -2.35. The van der Waals surface area contributed by atoms with E-state index < -0.39 is 10.0 Å². The number of anilines is 1. The van der Waals surface area contributed by atoms with Crippen molar-refractivity contribution in [2.24, 2.45) is 0 Å². The number of benzene rings is 2. The molecule has 5 rings (SSSR count). The van der Waals surface area contributed by atoms with E-state index in [-0.39, 0.29) is 0 Å². The van der Waals surface area contributed by atoms with Crippen molar-refractivity contribution >= 4 is 26.7 Å². The van der Waals surface area contributed by atoms with Gasteiger partial charge in [-0.2, -0.15) is 4.31 Å². The van der Waals surface area contributed by atoms with Gasteiger partial charge in [-0.3, -0.25) is 0 Å². The van der Waals surface area contributed by atoms with Crippen LogP contribution in [0.15, 0.2) is 53.4 Å². The van der Waals surface area contributed by atoms with Gasteiger partial charge in [0.2, 0.25) is 10.0 Å². The second-order valence-electron chi connectivity index (χ2n) is 8.91. The number of nitrogens with zero attached hydrogens (tertiary/aromatic N) is 4. The Bertz CT molecular complexity index is 1200. The van der Waals surface area contributed by atoms with Crippen LogP contribution >= 0.6 is 0 Å². The van der Waals surface area contributed by atoms with Gasteiger partial charge in [0.15, 0.2) is 0 Å². The maximum absolute atomic E-state index is 13.0. The molecule has 0 bridgehead atoms. The Morgan fingerprint density at radius 1 is 0.844 bits per heavy atom. The van der Waals surface area contributed by atoms with Crippen LogP contribution in [0.2, 0.25) is 0 Å². The fourth-order valence-corrected chi connectivity index (χ4v) is 6.45. The van der Waals surface area contributed by atoms with Gasteiger partial charge < -0.3 is 4.90 Å². The van der Waals surface area contributed by atoms with Crippen LogP contribution in [0.3, 0.4) is 0 Å². The molecule has 1 aliphatic heterocycles. The highest BCUT2D eigenvalue weighted by Gasteiger charge is 2.30. The van der Waals surface area contributed by atoms with Gasteiger partial charge in [0.05, 0.1) is 10.4 Å². The van der Waals surface area contributed by atoms with Gasteiger partial charge in [-0.1, -0.05) is 49.6 Å². The van der Waals surface area contributed by atoms with Crippen LogP contribution in [-0.2, 0) is 10.0 Å². The zero-order chi connectivity index (χ0) is 22.1. The topological polar surface area (TPSA) is 66.4 Å². The van der Waals surface area contributed by atoms with Gasteiger partial charge >= 0.3 is 0 Å². The molecule has 7 heteroatoms. The Kier molecular flexibility index (Phi) is 5.86. The first-order valence-electron chi connectivity index (χ1n) is 11.6. The van der Waals surface area contributed by atoms with Crippen LogP contribution in [0.4, 0.5) is 5.82 Å². The lowest BCUT2D eigenvalue weighted by atomic mass is 9.88. The molecule has 1 saturated heterocycles. The molecule has 0 unspecified atom stereocenters. The summed E-state index contributed by atoms with van der Waals surface area (Å²) in [6.45, 7) is 4.25. The molecule has 2 fully saturated rings. The molecule has 1 aliphatic carbocycles. The van der Waals surface area contributed by atoms with Crippen LogP contribution in [0.1, 0.15) is 49.4 Å². The third-order valence-corrected chi connectivity index (χ3v) is 8.73. The van der Waals surface area contributed by atoms with Gasteiger partial charge in [-0.15, -0.1) is 0 Å². The molecule has 2 heterocycles. The van der Waals surface area contributed by atoms with E-state index in [0.717, 1.165) is 41.0 Å². The maximum Gasteiger partial charge on any atom is 0.243 e. The largest absolute Gasteiger partial charge is 0.353 e. The number of sulfonamides is 1. The Labute approximate surface area is 190 Å². The highest BCUT2D eigenvalue weighted by molar-refractivity contribution is 7.89. The summed E-state index contributed by atoms with van der Waals surface area (Å²) in [5, 5.41) is 1.09. The monoisotopic (exact) mass is 450 g/mol. The second-order valence-corrected chi connectivity index (χ2v) is 10.9. The molecule has 0 amide bonds. The molecule has 3 aromatic rings. The molecule has 1 aromatic heterocycles. The molecule has 1 saturated carbocycles. The molecule has 0 atom stereocenters. The molecule has 0 spiro atoms. The fraction of sp³-hybridized carbons (Fsp3) is 0.440. The van der Waals surface area contributed by atoms with Gasteiger partial charge in [-0.05, 0) is 43.5 Å². The van der Waals surface area contributed by atoms with E-state index in [0.29, 0.717) is 37.0 Å². The standard InChI is InChI=1S/C25H30N4O2S/c1-19-9-8-14-22-23(19)25(27-24(26-22)20-10-4-2-5-11-20)28-15-17-29(18-16-28)32(30,31)21-12-6-3-7-13-21/h3,6-9,12-14,20H,2,4-5,10-11,15-18H2,1H3. The minimum Gasteiger partial charge on any atom is -0.353 e. The normalized spacial score (nSPS) is 18.8. The van der Waals surface area contributed by atoms with E-state index in [1.165, 1.54) is 19.3 Å². The summed E-state index contributed by atoms with van der Waals surface area (Å²) >= 11 is 0. The molecule has 0 N–H and O–H groups in total. The first-order valence-corrected chi connectivity index (χ1v) is 13.1. The predicted octanol–water partition coefficient (Wildman–Crippen LogP) is 4.50. The second kappa shape index (κ2) is 8.79. The van der Waals surface area contributed by atoms with Crippen molar-refractivity contribution < 1.29 is 8.42 Å². The van der Waals surface area contributed by atoms with Crippen molar-refractivity contribution in [3.05, 3.63) is 59.9 Å². The van der Waals surface area contributed by atoms with E-state index in [2.05, 4.69) is 30.0 Å². The van der Waals surface area contributed by atoms with Crippen LogP contribution < -0.4 is 4.90 Å². The van der Waals surface area contributed by atoms with Gasteiger partial charge in [0.1, 0.15) is 11.6 Å². The van der Waals surface area contributed by atoms with Crippen LogP contribution in [0.25, 0.3) is 10.9 Å². The minimum absolute atomic E-state index is 0.358. The maximum atomic E-state index is 13.0. The number of aromatic nitrogens is 2. The summed E-state index contributed by atoms with van der Waals surface area (Å²) in [5.74, 6) is 2.34. The van der Waals surface area contributed by atoms with Gasteiger partial charge in [0, 0.05) is 37.5 Å². The van der Waals surface area contributed by atoms with Crippen molar-refractivity contribution in [1.82, 2.24) is 14.3 Å². The molecule has 6 nitrogen and oxygen atoms in total. The number of aryl methyl sites for hydroxylation is 1. The third-order valence-electron chi connectivity index (χ3n) is 6.82. The highest BCUT2D eigenvalue weighted by Crippen LogP contribution is 2.35. The summed E-state index contributed by atoms with van der Waals surface area (Å²) in [4.78, 5) is 12.7. The quantitative estimate of drug-likeness (QED) is 0.586.